The molecule has 2 aromatic carbocycles. The van der Waals surface area contributed by atoms with Gasteiger partial charge >= 0.3 is 0 Å². The van der Waals surface area contributed by atoms with Gasteiger partial charge in [0.2, 0.25) is 0 Å². The van der Waals surface area contributed by atoms with Gasteiger partial charge in [0.15, 0.2) is 5.96 Å². The molecule has 0 aliphatic heterocycles. The number of halogens is 1. The molecule has 3 aromatic rings. The maximum absolute atomic E-state index is 13.7. The van der Waals surface area contributed by atoms with E-state index in [0.717, 1.165) is 28.6 Å². The number of nitrogens with one attached hydrogen (secondary N) is 2. The van der Waals surface area contributed by atoms with Crippen LogP contribution in [0.5, 0.6) is 0 Å². The first-order valence-corrected chi connectivity index (χ1v) is 9.91. The van der Waals surface area contributed by atoms with Crippen molar-refractivity contribution in [1.29, 1.82) is 0 Å². The first-order chi connectivity index (χ1) is 14.5. The number of guanidine groups is 1. The number of aromatic nitrogens is 2. The van der Waals surface area contributed by atoms with Crippen LogP contribution in [-0.4, -0.2) is 60.5 Å². The van der Waals surface area contributed by atoms with E-state index in [1.165, 1.54) is 6.07 Å². The highest BCUT2D eigenvalue weighted by Crippen LogP contribution is 2.19. The summed E-state index contributed by atoms with van der Waals surface area (Å²) in [6.07, 6.45) is 1.85. The van der Waals surface area contributed by atoms with E-state index >= 15 is 0 Å². The summed E-state index contributed by atoms with van der Waals surface area (Å²) in [7, 11) is 7.69. The summed E-state index contributed by atoms with van der Waals surface area (Å²) < 4.78 is 13.7. The van der Waals surface area contributed by atoms with Gasteiger partial charge in [0, 0.05) is 20.6 Å². The molecule has 1 aromatic heterocycles. The summed E-state index contributed by atoms with van der Waals surface area (Å²) in [5.41, 5.74) is 3.01. The Hall–Kier alpha value is -3.19. The Morgan fingerprint density at radius 2 is 1.90 bits per heavy atom. The van der Waals surface area contributed by atoms with Gasteiger partial charge in [0.25, 0.3) is 0 Å². The Bertz CT molecular complexity index is 967. The summed E-state index contributed by atoms with van der Waals surface area (Å²) in [5, 5.41) is 3.40. The van der Waals surface area contributed by atoms with Crippen molar-refractivity contribution in [2.24, 2.45) is 4.99 Å². The lowest BCUT2D eigenvalue weighted by atomic mass is 10.1. The highest BCUT2D eigenvalue weighted by Gasteiger charge is 2.17. The number of imidazole rings is 1. The Morgan fingerprint density at radius 3 is 2.57 bits per heavy atom. The summed E-state index contributed by atoms with van der Waals surface area (Å²) in [4.78, 5) is 16.3. The molecular formula is C23H29FN6. The van der Waals surface area contributed by atoms with Crippen molar-refractivity contribution in [2.75, 3.05) is 34.7 Å². The Kier molecular flexibility index (Phi) is 7.19. The van der Waals surface area contributed by atoms with Gasteiger partial charge in [-0.1, -0.05) is 42.5 Å². The van der Waals surface area contributed by atoms with Gasteiger partial charge < -0.3 is 20.1 Å². The van der Waals surface area contributed by atoms with Gasteiger partial charge in [-0.3, -0.25) is 4.99 Å². The standard InChI is InChI=1S/C23H29FN6/c1-25-23(27-15-21(29(2)3)18-11-8-12-19(24)13-18)30(4)16-22-26-14-20(28-22)17-9-6-5-7-10-17/h5-14,21H,15-16H2,1-4H3,(H,25,27)(H,26,28). The number of benzene rings is 2. The molecule has 1 heterocycles. The maximum Gasteiger partial charge on any atom is 0.193 e. The van der Waals surface area contributed by atoms with E-state index in [1.54, 1.807) is 19.2 Å². The van der Waals surface area contributed by atoms with Crippen molar-refractivity contribution >= 4 is 5.96 Å². The third-order valence-electron chi connectivity index (χ3n) is 4.98. The van der Waals surface area contributed by atoms with Crippen LogP contribution in [0, 0.1) is 5.82 Å². The van der Waals surface area contributed by atoms with E-state index in [2.05, 4.69) is 37.3 Å². The fourth-order valence-corrected chi connectivity index (χ4v) is 3.39. The highest BCUT2D eigenvalue weighted by atomic mass is 19.1. The van der Waals surface area contributed by atoms with Crippen LogP contribution in [0.1, 0.15) is 17.4 Å². The van der Waals surface area contributed by atoms with Crippen LogP contribution in [0.2, 0.25) is 0 Å². The second-order valence-corrected chi connectivity index (χ2v) is 7.43. The molecule has 158 valence electrons. The summed E-state index contributed by atoms with van der Waals surface area (Å²) >= 11 is 0. The van der Waals surface area contributed by atoms with Gasteiger partial charge in [-0.05, 0) is 37.4 Å². The molecule has 0 aliphatic rings. The molecule has 1 atom stereocenters. The van der Waals surface area contributed by atoms with Crippen molar-refractivity contribution in [2.45, 2.75) is 12.6 Å². The van der Waals surface area contributed by atoms with Gasteiger partial charge in [0.05, 0.1) is 24.5 Å². The minimum atomic E-state index is -0.229. The molecule has 3 rings (SSSR count). The van der Waals surface area contributed by atoms with Crippen LogP contribution < -0.4 is 5.32 Å². The van der Waals surface area contributed by atoms with Crippen LogP contribution in [-0.2, 0) is 6.54 Å². The van der Waals surface area contributed by atoms with E-state index in [9.17, 15) is 4.39 Å². The van der Waals surface area contributed by atoms with Gasteiger partial charge in [-0.2, -0.15) is 0 Å². The number of likely N-dealkylation sites (N-methyl/N-ethyl adjacent to an activating group) is 1. The predicted octanol–water partition coefficient (Wildman–Crippen LogP) is 3.53. The molecule has 1 unspecified atom stereocenters. The average molecular weight is 409 g/mol. The van der Waals surface area contributed by atoms with Crippen molar-refractivity contribution in [1.82, 2.24) is 25.1 Å². The minimum Gasteiger partial charge on any atom is -0.354 e. The molecule has 0 saturated heterocycles. The minimum absolute atomic E-state index is 0.0131. The van der Waals surface area contributed by atoms with Crippen molar-refractivity contribution in [3.63, 3.8) is 0 Å². The molecule has 0 radical (unpaired) electrons. The molecule has 0 saturated carbocycles. The zero-order chi connectivity index (χ0) is 21.5. The smallest absolute Gasteiger partial charge is 0.193 e. The lowest BCUT2D eigenvalue weighted by molar-refractivity contribution is 0.294. The lowest BCUT2D eigenvalue weighted by Crippen LogP contribution is -2.42. The topological polar surface area (TPSA) is 59.6 Å². The zero-order valence-electron chi connectivity index (χ0n) is 17.9. The number of hydrogen-bond acceptors (Lipinski definition) is 3. The van der Waals surface area contributed by atoms with E-state index in [4.69, 9.17) is 0 Å². The van der Waals surface area contributed by atoms with Crippen LogP contribution in [0.4, 0.5) is 4.39 Å². The van der Waals surface area contributed by atoms with Gasteiger partial charge in [0.1, 0.15) is 11.6 Å². The second kappa shape index (κ2) is 10.0. The lowest BCUT2D eigenvalue weighted by Gasteiger charge is -2.28. The van der Waals surface area contributed by atoms with E-state index in [1.807, 2.05) is 56.5 Å². The highest BCUT2D eigenvalue weighted by molar-refractivity contribution is 5.79. The van der Waals surface area contributed by atoms with Crippen LogP contribution in [0.25, 0.3) is 11.3 Å². The quantitative estimate of drug-likeness (QED) is 0.464. The molecule has 7 heteroatoms. The van der Waals surface area contributed by atoms with E-state index < -0.39 is 0 Å². The molecule has 30 heavy (non-hydrogen) atoms. The monoisotopic (exact) mass is 408 g/mol. The summed E-state index contributed by atoms with van der Waals surface area (Å²) in [6.45, 7) is 1.18. The van der Waals surface area contributed by atoms with Gasteiger partial charge in [-0.15, -0.1) is 0 Å². The predicted molar refractivity (Wildman–Crippen MR) is 120 cm³/mol. The maximum atomic E-state index is 13.7. The van der Waals surface area contributed by atoms with Crippen molar-refractivity contribution in [3.05, 3.63) is 78.0 Å². The molecule has 2 N–H and O–H groups in total. The third-order valence-corrected chi connectivity index (χ3v) is 4.98. The fraction of sp³-hybridized carbons (Fsp3) is 0.304. The number of H-pyrrole nitrogens is 1. The van der Waals surface area contributed by atoms with Crippen molar-refractivity contribution in [3.8, 4) is 11.3 Å². The average Bonchev–Trinajstić information content (AvgIpc) is 3.20. The fourth-order valence-electron chi connectivity index (χ4n) is 3.39. The zero-order valence-corrected chi connectivity index (χ0v) is 17.9. The Morgan fingerprint density at radius 1 is 1.13 bits per heavy atom. The third kappa shape index (κ3) is 5.45. The molecule has 0 spiro atoms. The first-order valence-electron chi connectivity index (χ1n) is 9.91. The van der Waals surface area contributed by atoms with Crippen molar-refractivity contribution < 1.29 is 4.39 Å². The summed E-state index contributed by atoms with van der Waals surface area (Å²) in [5.74, 6) is 1.37. The van der Waals surface area contributed by atoms with Crippen LogP contribution in [0.15, 0.2) is 65.8 Å². The normalized spacial score (nSPS) is 12.8. The number of aliphatic imine (C=N–C) groups is 1. The SMILES string of the molecule is CN=C(NCC(c1cccc(F)c1)N(C)C)N(C)Cc1ncc(-c2ccccc2)[nH]1. The van der Waals surface area contributed by atoms with Crippen LogP contribution in [0.3, 0.4) is 0 Å². The molecule has 0 amide bonds. The molecule has 0 bridgehead atoms. The largest absolute Gasteiger partial charge is 0.354 e. The molecular weight excluding hydrogens is 379 g/mol. The number of nitrogens with zero attached hydrogens (tertiary/aromatic N) is 4. The molecule has 0 fully saturated rings. The Balaban J connectivity index is 1.63. The first kappa shape index (κ1) is 21.5. The van der Waals surface area contributed by atoms with Gasteiger partial charge in [-0.25, -0.2) is 9.37 Å². The summed E-state index contributed by atoms with van der Waals surface area (Å²) in [6, 6.07) is 16.8. The number of rotatable bonds is 7. The van der Waals surface area contributed by atoms with E-state index in [0.29, 0.717) is 13.1 Å². The van der Waals surface area contributed by atoms with Crippen LogP contribution >= 0.6 is 0 Å². The second-order valence-electron chi connectivity index (χ2n) is 7.43. The Labute approximate surface area is 177 Å². The van der Waals surface area contributed by atoms with E-state index in [-0.39, 0.29) is 11.9 Å². The molecule has 6 nitrogen and oxygen atoms in total. The molecule has 0 aliphatic carbocycles. The number of aromatic amines is 1. The number of hydrogen-bond donors (Lipinski definition) is 2.